The third kappa shape index (κ3) is 2.23. The van der Waals surface area contributed by atoms with Crippen LogP contribution in [0.3, 0.4) is 0 Å². The summed E-state index contributed by atoms with van der Waals surface area (Å²) in [6.45, 7) is 0. The van der Waals surface area contributed by atoms with Crippen LogP contribution in [0.15, 0.2) is 24.3 Å². The molecule has 0 unspecified atom stereocenters. The van der Waals surface area contributed by atoms with Crippen LogP contribution in [0.2, 0.25) is 0 Å². The molecule has 2 rings (SSSR count). The first kappa shape index (κ1) is 13.7. The quantitative estimate of drug-likeness (QED) is 0.813. The number of hydrogen-bond acceptors (Lipinski definition) is 6. The molecule has 0 aromatic heterocycles. The van der Waals surface area contributed by atoms with E-state index in [0.29, 0.717) is 10.8 Å². The van der Waals surface area contributed by atoms with Crippen molar-refractivity contribution in [1.82, 2.24) is 0 Å². The van der Waals surface area contributed by atoms with Crippen LogP contribution in [0.5, 0.6) is 11.5 Å². The van der Waals surface area contributed by atoms with Crippen molar-refractivity contribution < 1.29 is 29.3 Å². The van der Waals surface area contributed by atoms with E-state index in [-0.39, 0.29) is 22.6 Å². The minimum Gasteiger partial charge on any atom is -0.507 e. The lowest BCUT2D eigenvalue weighted by Crippen LogP contribution is -2.03. The zero-order chi connectivity index (χ0) is 14.9. The van der Waals surface area contributed by atoms with Crippen molar-refractivity contribution in [2.75, 3.05) is 14.2 Å². The van der Waals surface area contributed by atoms with Crippen molar-refractivity contribution in [1.29, 1.82) is 0 Å². The number of ether oxygens (including phenoxy) is 2. The highest BCUT2D eigenvalue weighted by Gasteiger charge is 2.17. The number of methoxy groups -OCH3 is 2. The van der Waals surface area contributed by atoms with Crippen molar-refractivity contribution in [3.8, 4) is 11.5 Å². The summed E-state index contributed by atoms with van der Waals surface area (Å²) in [6, 6.07) is 5.37. The highest BCUT2D eigenvalue weighted by molar-refractivity contribution is 6.02. The maximum absolute atomic E-state index is 11.5. The Morgan fingerprint density at radius 2 is 1.15 bits per heavy atom. The topological polar surface area (TPSA) is 93.1 Å². The summed E-state index contributed by atoms with van der Waals surface area (Å²) in [5.74, 6) is -1.93. The van der Waals surface area contributed by atoms with Crippen LogP contribution >= 0.6 is 0 Å². The average molecular weight is 276 g/mol. The number of phenols is 2. The summed E-state index contributed by atoms with van der Waals surface area (Å²) in [6.07, 6.45) is 0. The minimum absolute atomic E-state index is 0.0229. The maximum atomic E-state index is 11.5. The maximum Gasteiger partial charge on any atom is 0.341 e. The molecule has 0 amide bonds. The van der Waals surface area contributed by atoms with Crippen LogP contribution < -0.4 is 0 Å². The molecule has 0 saturated heterocycles. The fourth-order valence-corrected chi connectivity index (χ4v) is 1.87. The molecule has 20 heavy (non-hydrogen) atoms. The Balaban J connectivity index is 2.67. The highest BCUT2D eigenvalue weighted by Crippen LogP contribution is 2.30. The van der Waals surface area contributed by atoms with Gasteiger partial charge in [-0.05, 0) is 35.0 Å². The molecule has 0 saturated carbocycles. The van der Waals surface area contributed by atoms with Gasteiger partial charge in [-0.3, -0.25) is 0 Å². The van der Waals surface area contributed by atoms with Gasteiger partial charge < -0.3 is 19.7 Å². The average Bonchev–Trinajstić information content (AvgIpc) is 2.44. The lowest BCUT2D eigenvalue weighted by atomic mass is 10.0. The van der Waals surface area contributed by atoms with Gasteiger partial charge in [0.25, 0.3) is 0 Å². The number of carbonyl (C=O) groups excluding carboxylic acids is 2. The lowest BCUT2D eigenvalue weighted by molar-refractivity contribution is 0.0587. The fraction of sp³-hybridized carbons (Fsp3) is 0.143. The molecule has 0 bridgehead atoms. The van der Waals surface area contributed by atoms with E-state index in [1.165, 1.54) is 38.5 Å². The van der Waals surface area contributed by atoms with E-state index in [4.69, 9.17) is 0 Å². The van der Waals surface area contributed by atoms with Crippen molar-refractivity contribution in [3.05, 3.63) is 35.4 Å². The van der Waals surface area contributed by atoms with E-state index in [1.54, 1.807) is 0 Å². The Morgan fingerprint density at radius 1 is 0.800 bits per heavy atom. The zero-order valence-corrected chi connectivity index (χ0v) is 10.8. The van der Waals surface area contributed by atoms with Gasteiger partial charge in [0.1, 0.15) is 22.6 Å². The van der Waals surface area contributed by atoms with Crippen molar-refractivity contribution in [2.24, 2.45) is 0 Å². The van der Waals surface area contributed by atoms with Crippen LogP contribution in [0, 0.1) is 0 Å². The largest absolute Gasteiger partial charge is 0.507 e. The second-order valence-electron chi connectivity index (χ2n) is 4.07. The van der Waals surface area contributed by atoms with E-state index in [1.807, 2.05) is 0 Å². The summed E-state index contributed by atoms with van der Waals surface area (Å²) in [7, 11) is 2.40. The molecule has 2 N–H and O–H groups in total. The molecule has 104 valence electrons. The van der Waals surface area contributed by atoms with Gasteiger partial charge in [0.2, 0.25) is 0 Å². The number of phenolic OH excluding ortho intramolecular Hbond substituents is 2. The molecule has 6 nitrogen and oxygen atoms in total. The number of esters is 2. The van der Waals surface area contributed by atoms with Crippen molar-refractivity contribution >= 4 is 22.7 Å². The molecule has 0 aliphatic carbocycles. The van der Waals surface area contributed by atoms with E-state index >= 15 is 0 Å². The van der Waals surface area contributed by atoms with Gasteiger partial charge in [0.15, 0.2) is 0 Å². The number of hydrogen-bond donors (Lipinski definition) is 2. The molecule has 0 fully saturated rings. The molecule has 0 spiro atoms. The van der Waals surface area contributed by atoms with Crippen LogP contribution in [-0.2, 0) is 9.47 Å². The molecule has 0 radical (unpaired) electrons. The fourth-order valence-electron chi connectivity index (χ4n) is 1.87. The third-order valence-electron chi connectivity index (χ3n) is 2.88. The van der Waals surface area contributed by atoms with Gasteiger partial charge in [-0.2, -0.15) is 0 Å². The number of benzene rings is 2. The summed E-state index contributed by atoms with van der Waals surface area (Å²) < 4.78 is 9.08. The monoisotopic (exact) mass is 276 g/mol. The highest BCUT2D eigenvalue weighted by atomic mass is 16.5. The molecular formula is C14H12O6. The second-order valence-corrected chi connectivity index (χ2v) is 4.07. The molecular weight excluding hydrogens is 264 g/mol. The van der Waals surface area contributed by atoms with E-state index in [0.717, 1.165) is 0 Å². The van der Waals surface area contributed by atoms with Gasteiger partial charge in [-0.25, -0.2) is 9.59 Å². The van der Waals surface area contributed by atoms with Crippen LogP contribution in [0.25, 0.3) is 10.8 Å². The smallest absolute Gasteiger partial charge is 0.341 e. The van der Waals surface area contributed by atoms with E-state index in [2.05, 4.69) is 9.47 Å². The van der Waals surface area contributed by atoms with Gasteiger partial charge in [-0.15, -0.1) is 0 Å². The first-order chi connectivity index (χ1) is 9.47. The first-order valence-corrected chi connectivity index (χ1v) is 5.64. The normalized spacial score (nSPS) is 10.3. The number of aromatic hydroxyl groups is 2. The standard InChI is InChI=1S/C14H12O6/c1-19-13(17)9-3-7-6-12(16)10(14(18)20-2)4-8(7)5-11(9)15/h3-6,15-16H,1-2H3. The Bertz CT molecular complexity index is 643. The number of fused-ring (bicyclic) bond motifs is 1. The Labute approximate surface area is 114 Å². The Hall–Kier alpha value is -2.76. The molecule has 0 heterocycles. The predicted octanol–water partition coefficient (Wildman–Crippen LogP) is 1.82. The van der Waals surface area contributed by atoms with Gasteiger partial charge in [0.05, 0.1) is 14.2 Å². The third-order valence-corrected chi connectivity index (χ3v) is 2.88. The lowest BCUT2D eigenvalue weighted by Gasteiger charge is -2.08. The zero-order valence-electron chi connectivity index (χ0n) is 10.8. The van der Waals surface area contributed by atoms with Crippen molar-refractivity contribution in [2.45, 2.75) is 0 Å². The molecule has 0 aliphatic heterocycles. The van der Waals surface area contributed by atoms with E-state index < -0.39 is 11.9 Å². The minimum atomic E-state index is -0.694. The van der Waals surface area contributed by atoms with Crippen LogP contribution in [0.4, 0.5) is 0 Å². The second kappa shape index (κ2) is 5.08. The number of carbonyl (C=O) groups is 2. The van der Waals surface area contributed by atoms with Crippen LogP contribution in [0.1, 0.15) is 20.7 Å². The van der Waals surface area contributed by atoms with Crippen LogP contribution in [-0.4, -0.2) is 36.4 Å². The summed E-state index contributed by atoms with van der Waals surface area (Å²) in [4.78, 5) is 22.9. The van der Waals surface area contributed by atoms with E-state index in [9.17, 15) is 19.8 Å². The first-order valence-electron chi connectivity index (χ1n) is 5.64. The van der Waals surface area contributed by atoms with Gasteiger partial charge in [-0.1, -0.05) is 0 Å². The summed E-state index contributed by atoms with van der Waals surface area (Å²) in [5, 5.41) is 20.5. The molecule has 2 aromatic rings. The van der Waals surface area contributed by atoms with Gasteiger partial charge in [0, 0.05) is 0 Å². The SMILES string of the molecule is COC(=O)c1cc2cc(O)c(C(=O)OC)cc2cc1O. The Kier molecular flexibility index (Phi) is 3.47. The molecule has 6 heteroatoms. The predicted molar refractivity (Wildman–Crippen MR) is 70.0 cm³/mol. The molecule has 0 aliphatic rings. The Morgan fingerprint density at radius 3 is 1.45 bits per heavy atom. The summed E-state index contributed by atoms with van der Waals surface area (Å²) in [5.41, 5.74) is -0.0459. The molecule has 2 aromatic carbocycles. The molecule has 0 atom stereocenters. The van der Waals surface area contributed by atoms with Crippen molar-refractivity contribution in [3.63, 3.8) is 0 Å². The number of rotatable bonds is 2. The van der Waals surface area contributed by atoms with Gasteiger partial charge >= 0.3 is 11.9 Å². The summed E-state index contributed by atoms with van der Waals surface area (Å²) >= 11 is 0.